The molecular formula is C27H23F3N2O6S. The van der Waals surface area contributed by atoms with Crippen LogP contribution in [0.2, 0.25) is 0 Å². The Labute approximate surface area is 223 Å². The van der Waals surface area contributed by atoms with Crippen LogP contribution in [0.5, 0.6) is 17.4 Å². The van der Waals surface area contributed by atoms with Crippen LogP contribution in [0.1, 0.15) is 42.9 Å². The fourth-order valence-electron chi connectivity index (χ4n) is 4.76. The third-order valence-electron chi connectivity index (χ3n) is 6.71. The fourth-order valence-corrected chi connectivity index (χ4v) is 5.19. The van der Waals surface area contributed by atoms with Gasteiger partial charge >= 0.3 is 15.6 Å². The molecule has 5 rings (SSSR count). The fraction of sp³-hybridized carbons (Fsp3) is 0.333. The Bertz CT molecular complexity index is 1470. The summed E-state index contributed by atoms with van der Waals surface area (Å²) in [6.45, 7) is 0.975. The molecule has 8 nitrogen and oxygen atoms in total. The highest BCUT2D eigenvalue weighted by atomic mass is 32.2. The van der Waals surface area contributed by atoms with Crippen molar-refractivity contribution in [1.29, 1.82) is 5.26 Å². The van der Waals surface area contributed by atoms with Crippen molar-refractivity contribution in [3.63, 3.8) is 0 Å². The first kappa shape index (κ1) is 26.9. The predicted molar refractivity (Wildman–Crippen MR) is 132 cm³/mol. The Kier molecular flexibility index (Phi) is 7.24. The number of aromatic nitrogens is 1. The molecule has 12 heteroatoms. The van der Waals surface area contributed by atoms with Gasteiger partial charge in [-0.25, -0.2) is 4.98 Å². The number of hydrogen-bond donors (Lipinski definition) is 0. The van der Waals surface area contributed by atoms with E-state index < -0.39 is 32.9 Å². The number of para-hydroxylation sites is 1. The molecule has 1 aliphatic carbocycles. The molecule has 2 heterocycles. The molecule has 1 saturated carbocycles. The Morgan fingerprint density at radius 2 is 1.59 bits per heavy atom. The lowest BCUT2D eigenvalue weighted by atomic mass is 9.82. The van der Waals surface area contributed by atoms with Crippen molar-refractivity contribution in [1.82, 2.24) is 4.98 Å². The summed E-state index contributed by atoms with van der Waals surface area (Å²) in [4.78, 5) is 4.11. The lowest BCUT2D eigenvalue weighted by Crippen LogP contribution is -2.34. The maximum absolute atomic E-state index is 13.2. The summed E-state index contributed by atoms with van der Waals surface area (Å²) in [6, 6.07) is 18.9. The average Bonchev–Trinajstić information content (AvgIpc) is 3.36. The van der Waals surface area contributed by atoms with Crippen LogP contribution in [-0.2, 0) is 19.6 Å². The number of rotatable bonds is 6. The second kappa shape index (κ2) is 10.5. The number of halogens is 3. The summed E-state index contributed by atoms with van der Waals surface area (Å²) in [7, 11) is -6.06. The molecule has 2 aromatic carbocycles. The van der Waals surface area contributed by atoms with Gasteiger partial charge in [0.2, 0.25) is 0 Å². The van der Waals surface area contributed by atoms with Crippen LogP contribution in [0.3, 0.4) is 0 Å². The molecule has 1 spiro atoms. The molecule has 1 aromatic heterocycles. The van der Waals surface area contributed by atoms with Gasteiger partial charge in [-0.05, 0) is 48.7 Å². The first-order valence-corrected chi connectivity index (χ1v) is 13.6. The quantitative estimate of drug-likeness (QED) is 0.265. The van der Waals surface area contributed by atoms with Gasteiger partial charge in [-0.15, -0.1) is 0 Å². The standard InChI is InChI=1S/C27H23F3N2O6S/c28-27(29,30)39(33,34)38-25-23(17-31)22(18-6-8-21(9-7-18)37-20-4-2-1-3-5-20)16-24(32-25)19-10-12-26(13-11-19)35-14-15-36-26/h1-9,16,19H,10-15H2. The summed E-state index contributed by atoms with van der Waals surface area (Å²) >= 11 is 0. The predicted octanol–water partition coefficient (Wildman–Crippen LogP) is 6.04. The third kappa shape index (κ3) is 5.71. The number of nitrogens with zero attached hydrogens (tertiary/aromatic N) is 2. The molecule has 2 fully saturated rings. The highest BCUT2D eigenvalue weighted by Crippen LogP contribution is 2.44. The molecule has 3 aromatic rings. The van der Waals surface area contributed by atoms with Crippen LogP contribution in [0.25, 0.3) is 11.1 Å². The van der Waals surface area contributed by atoms with E-state index in [4.69, 9.17) is 14.2 Å². The summed E-state index contributed by atoms with van der Waals surface area (Å²) in [6.07, 6.45) is 2.15. The number of benzene rings is 2. The molecule has 2 aliphatic rings. The SMILES string of the molecule is N#Cc1c(-c2ccc(Oc3ccccc3)cc2)cc(C2CCC3(CC2)OCCO3)nc1OS(=O)(=O)C(F)(F)F. The van der Waals surface area contributed by atoms with E-state index in [0.717, 1.165) is 0 Å². The maximum Gasteiger partial charge on any atom is 0.534 e. The summed E-state index contributed by atoms with van der Waals surface area (Å²) < 4.78 is 84.9. The van der Waals surface area contributed by atoms with Gasteiger partial charge in [0.1, 0.15) is 23.1 Å². The second-order valence-corrected chi connectivity index (χ2v) is 10.7. The zero-order chi connectivity index (χ0) is 27.7. The van der Waals surface area contributed by atoms with Gasteiger partial charge in [0.25, 0.3) is 5.88 Å². The van der Waals surface area contributed by atoms with E-state index in [1.807, 2.05) is 18.2 Å². The first-order chi connectivity index (χ1) is 18.6. The number of ether oxygens (including phenoxy) is 3. The van der Waals surface area contributed by atoms with Crippen molar-refractivity contribution >= 4 is 10.1 Å². The van der Waals surface area contributed by atoms with E-state index in [2.05, 4.69) is 9.17 Å². The number of pyridine rings is 1. The molecule has 0 amide bonds. The van der Waals surface area contributed by atoms with E-state index in [-0.39, 0.29) is 11.5 Å². The van der Waals surface area contributed by atoms with Crippen LogP contribution < -0.4 is 8.92 Å². The summed E-state index contributed by atoms with van der Waals surface area (Å²) in [5.74, 6) is -0.748. The van der Waals surface area contributed by atoms with Crippen molar-refractivity contribution in [2.24, 2.45) is 0 Å². The van der Waals surface area contributed by atoms with Crippen LogP contribution in [0.4, 0.5) is 13.2 Å². The summed E-state index contributed by atoms with van der Waals surface area (Å²) in [5.41, 5.74) is -5.18. The van der Waals surface area contributed by atoms with Crippen LogP contribution in [0.15, 0.2) is 60.7 Å². The van der Waals surface area contributed by atoms with E-state index in [1.54, 1.807) is 48.5 Å². The Balaban J connectivity index is 1.52. The smallest absolute Gasteiger partial charge is 0.457 e. The molecule has 1 saturated heterocycles. The lowest BCUT2D eigenvalue weighted by Gasteiger charge is -2.35. The van der Waals surface area contributed by atoms with Crippen molar-refractivity contribution in [2.75, 3.05) is 13.2 Å². The van der Waals surface area contributed by atoms with Gasteiger partial charge in [-0.3, -0.25) is 0 Å². The first-order valence-electron chi connectivity index (χ1n) is 12.2. The second-order valence-electron chi connectivity index (χ2n) is 9.19. The zero-order valence-electron chi connectivity index (χ0n) is 20.5. The Morgan fingerprint density at radius 1 is 0.974 bits per heavy atom. The normalized spacial score (nSPS) is 17.6. The molecule has 0 radical (unpaired) electrons. The Morgan fingerprint density at radius 3 is 2.18 bits per heavy atom. The molecule has 204 valence electrons. The monoisotopic (exact) mass is 560 g/mol. The minimum absolute atomic E-state index is 0.190. The number of hydrogen-bond acceptors (Lipinski definition) is 8. The molecular weight excluding hydrogens is 537 g/mol. The minimum Gasteiger partial charge on any atom is -0.457 e. The molecule has 0 unspecified atom stereocenters. The number of alkyl halides is 3. The highest BCUT2D eigenvalue weighted by Gasteiger charge is 2.49. The lowest BCUT2D eigenvalue weighted by molar-refractivity contribution is -0.178. The van der Waals surface area contributed by atoms with E-state index in [1.165, 1.54) is 0 Å². The largest absolute Gasteiger partial charge is 0.534 e. The van der Waals surface area contributed by atoms with Gasteiger partial charge in [0, 0.05) is 30.0 Å². The van der Waals surface area contributed by atoms with Crippen molar-refractivity contribution in [3.8, 4) is 34.6 Å². The van der Waals surface area contributed by atoms with Crippen molar-refractivity contribution < 1.29 is 40.0 Å². The van der Waals surface area contributed by atoms with Crippen molar-refractivity contribution in [3.05, 3.63) is 71.9 Å². The maximum atomic E-state index is 13.2. The van der Waals surface area contributed by atoms with Gasteiger partial charge < -0.3 is 18.4 Å². The molecule has 0 bridgehead atoms. The van der Waals surface area contributed by atoms with Crippen LogP contribution in [0, 0.1) is 11.3 Å². The average molecular weight is 561 g/mol. The van der Waals surface area contributed by atoms with E-state index >= 15 is 0 Å². The van der Waals surface area contributed by atoms with Crippen molar-refractivity contribution in [2.45, 2.75) is 42.9 Å². The highest BCUT2D eigenvalue weighted by molar-refractivity contribution is 7.88. The Hall–Kier alpha value is -3.66. The topological polar surface area (TPSA) is 108 Å². The third-order valence-corrected chi connectivity index (χ3v) is 7.66. The van der Waals surface area contributed by atoms with Crippen LogP contribution >= 0.6 is 0 Å². The van der Waals surface area contributed by atoms with Gasteiger partial charge in [0.05, 0.1) is 13.2 Å². The van der Waals surface area contributed by atoms with Crippen LogP contribution in [-0.4, -0.2) is 37.9 Å². The van der Waals surface area contributed by atoms with Gasteiger partial charge in [-0.2, -0.15) is 26.9 Å². The van der Waals surface area contributed by atoms with Gasteiger partial charge in [-0.1, -0.05) is 30.3 Å². The molecule has 0 N–H and O–H groups in total. The van der Waals surface area contributed by atoms with E-state index in [9.17, 15) is 26.9 Å². The van der Waals surface area contributed by atoms with Gasteiger partial charge in [0.15, 0.2) is 5.79 Å². The molecule has 1 aliphatic heterocycles. The minimum atomic E-state index is -6.06. The zero-order valence-corrected chi connectivity index (χ0v) is 21.3. The van der Waals surface area contributed by atoms with E-state index in [0.29, 0.717) is 61.7 Å². The molecule has 39 heavy (non-hydrogen) atoms. The summed E-state index contributed by atoms with van der Waals surface area (Å²) in [5, 5.41) is 9.85. The number of nitriles is 1. The molecule has 0 atom stereocenters.